The molecule has 5 nitrogen and oxygen atoms in total. The van der Waals surface area contributed by atoms with Gasteiger partial charge in [-0.2, -0.15) is 0 Å². The molecule has 1 aliphatic heterocycles. The molecular formula is C14H12N2O3. The van der Waals surface area contributed by atoms with Crippen molar-refractivity contribution in [3.63, 3.8) is 0 Å². The molecule has 5 heteroatoms. The fourth-order valence-electron chi connectivity index (χ4n) is 2.40. The Hall–Kier alpha value is -2.43. The van der Waals surface area contributed by atoms with Crippen molar-refractivity contribution in [3.8, 4) is 0 Å². The van der Waals surface area contributed by atoms with E-state index < -0.39 is 11.7 Å². The average Bonchev–Trinajstić information content (AvgIpc) is 2.97. The third kappa shape index (κ3) is 1.66. The molecule has 0 spiro atoms. The normalized spacial score (nSPS) is 14.1. The molecule has 0 fully saturated rings. The van der Waals surface area contributed by atoms with Crippen LogP contribution in [0.1, 0.15) is 27.0 Å². The number of nitrogens with zero attached hydrogens (tertiary/aromatic N) is 2. The summed E-state index contributed by atoms with van der Waals surface area (Å²) in [5.41, 5.74) is 3.72. The SMILES string of the molecule is Cc1ccc(C)c2c1C(=O)C(=O)N2Cc1cnoc1. The van der Waals surface area contributed by atoms with Crippen LogP contribution in [0.3, 0.4) is 0 Å². The van der Waals surface area contributed by atoms with Crippen molar-refractivity contribution >= 4 is 17.4 Å². The van der Waals surface area contributed by atoms with E-state index in [9.17, 15) is 9.59 Å². The van der Waals surface area contributed by atoms with Crippen LogP contribution in [0.2, 0.25) is 0 Å². The molecule has 1 aromatic carbocycles. The molecular weight excluding hydrogens is 244 g/mol. The quantitative estimate of drug-likeness (QED) is 0.771. The van der Waals surface area contributed by atoms with Gasteiger partial charge in [-0.15, -0.1) is 0 Å². The molecule has 3 rings (SSSR count). The number of rotatable bonds is 2. The molecule has 0 bridgehead atoms. The number of fused-ring (bicyclic) bond motifs is 1. The van der Waals surface area contributed by atoms with Crippen LogP contribution in [-0.4, -0.2) is 16.8 Å². The van der Waals surface area contributed by atoms with Crippen molar-refractivity contribution in [1.82, 2.24) is 5.16 Å². The number of aromatic nitrogens is 1. The number of amides is 1. The average molecular weight is 256 g/mol. The number of Topliss-reactive ketones (excluding diaryl/α,β-unsaturated/α-hetero) is 1. The number of hydrogen-bond donors (Lipinski definition) is 0. The van der Waals surface area contributed by atoms with Crippen LogP contribution >= 0.6 is 0 Å². The van der Waals surface area contributed by atoms with Crippen molar-refractivity contribution in [2.45, 2.75) is 20.4 Å². The van der Waals surface area contributed by atoms with E-state index in [2.05, 4.69) is 5.16 Å². The summed E-state index contributed by atoms with van der Waals surface area (Å²) in [6, 6.07) is 3.78. The molecule has 0 atom stereocenters. The molecule has 0 saturated heterocycles. The topological polar surface area (TPSA) is 63.4 Å². The highest BCUT2D eigenvalue weighted by Gasteiger charge is 2.38. The summed E-state index contributed by atoms with van der Waals surface area (Å²) in [7, 11) is 0. The zero-order chi connectivity index (χ0) is 13.6. The molecule has 96 valence electrons. The molecule has 19 heavy (non-hydrogen) atoms. The van der Waals surface area contributed by atoms with E-state index in [1.165, 1.54) is 11.2 Å². The number of benzene rings is 1. The van der Waals surface area contributed by atoms with Crippen molar-refractivity contribution in [2.24, 2.45) is 0 Å². The second-order valence-electron chi connectivity index (χ2n) is 4.68. The van der Waals surface area contributed by atoms with Gasteiger partial charge in [0.1, 0.15) is 6.26 Å². The Morgan fingerprint density at radius 3 is 2.63 bits per heavy atom. The second kappa shape index (κ2) is 4.05. The van der Waals surface area contributed by atoms with E-state index in [1.807, 2.05) is 26.0 Å². The Morgan fingerprint density at radius 2 is 1.95 bits per heavy atom. The Bertz CT molecular complexity index is 674. The molecule has 0 saturated carbocycles. The van der Waals surface area contributed by atoms with Gasteiger partial charge in [0.25, 0.3) is 11.7 Å². The lowest BCUT2D eigenvalue weighted by atomic mass is 10.0. The van der Waals surface area contributed by atoms with Gasteiger partial charge < -0.3 is 4.52 Å². The minimum Gasteiger partial charge on any atom is -0.364 e. The standard InChI is InChI=1S/C14H12N2O3/c1-8-3-4-9(2)12-11(8)13(17)14(18)16(12)6-10-5-15-19-7-10/h3-5,7H,6H2,1-2H3. The maximum Gasteiger partial charge on any atom is 0.299 e. The number of anilines is 1. The highest BCUT2D eigenvalue weighted by molar-refractivity contribution is 6.52. The smallest absolute Gasteiger partial charge is 0.299 e. The van der Waals surface area contributed by atoms with Gasteiger partial charge in [-0.1, -0.05) is 17.3 Å². The summed E-state index contributed by atoms with van der Waals surface area (Å²) in [5.74, 6) is -0.929. The number of carbonyl (C=O) groups excluding carboxylic acids is 2. The summed E-state index contributed by atoms with van der Waals surface area (Å²) in [4.78, 5) is 25.7. The Kier molecular flexibility index (Phi) is 2.48. The first kappa shape index (κ1) is 11.6. The number of aryl methyl sites for hydroxylation is 2. The van der Waals surface area contributed by atoms with Crippen LogP contribution in [0.15, 0.2) is 29.1 Å². The zero-order valence-corrected chi connectivity index (χ0v) is 10.6. The summed E-state index contributed by atoms with van der Waals surface area (Å²) in [6.45, 7) is 4.03. The number of hydrogen-bond acceptors (Lipinski definition) is 4. The van der Waals surface area contributed by atoms with E-state index in [-0.39, 0.29) is 0 Å². The lowest BCUT2D eigenvalue weighted by Gasteiger charge is -2.17. The van der Waals surface area contributed by atoms with E-state index >= 15 is 0 Å². The molecule has 1 amide bonds. The Morgan fingerprint density at radius 1 is 1.21 bits per heavy atom. The summed E-state index contributed by atoms with van der Waals surface area (Å²) in [6.07, 6.45) is 3.02. The first-order valence-corrected chi connectivity index (χ1v) is 5.94. The molecule has 1 aliphatic rings. The molecule has 2 heterocycles. The molecule has 0 radical (unpaired) electrons. The van der Waals surface area contributed by atoms with Gasteiger partial charge in [0.15, 0.2) is 0 Å². The largest absolute Gasteiger partial charge is 0.364 e. The molecule has 0 N–H and O–H groups in total. The lowest BCUT2D eigenvalue weighted by Crippen LogP contribution is -2.29. The summed E-state index contributed by atoms with van der Waals surface area (Å²) in [5, 5.41) is 3.61. The Balaban J connectivity index is 2.12. The minimum absolute atomic E-state index is 0.297. The summed E-state index contributed by atoms with van der Waals surface area (Å²) < 4.78 is 4.76. The maximum atomic E-state index is 12.1. The van der Waals surface area contributed by atoms with E-state index in [0.29, 0.717) is 17.8 Å². The van der Waals surface area contributed by atoms with Crippen molar-refractivity contribution in [2.75, 3.05) is 4.90 Å². The Labute approximate surface area is 109 Å². The van der Waals surface area contributed by atoms with Gasteiger partial charge in [0.2, 0.25) is 0 Å². The van der Waals surface area contributed by atoms with Gasteiger partial charge in [0.05, 0.1) is 24.0 Å². The minimum atomic E-state index is -0.492. The van der Waals surface area contributed by atoms with Crippen LogP contribution < -0.4 is 4.90 Å². The predicted molar refractivity (Wildman–Crippen MR) is 67.9 cm³/mol. The molecule has 0 aliphatic carbocycles. The van der Waals surface area contributed by atoms with Crippen LogP contribution in [0.5, 0.6) is 0 Å². The second-order valence-corrected chi connectivity index (χ2v) is 4.68. The van der Waals surface area contributed by atoms with E-state index in [1.54, 1.807) is 6.20 Å². The van der Waals surface area contributed by atoms with Crippen molar-refractivity contribution in [1.29, 1.82) is 0 Å². The monoisotopic (exact) mass is 256 g/mol. The van der Waals surface area contributed by atoms with Gasteiger partial charge in [-0.05, 0) is 25.0 Å². The fraction of sp³-hybridized carbons (Fsp3) is 0.214. The first-order valence-electron chi connectivity index (χ1n) is 5.94. The lowest BCUT2D eigenvalue weighted by molar-refractivity contribution is -0.114. The highest BCUT2D eigenvalue weighted by atomic mass is 16.5. The molecule has 1 aromatic heterocycles. The van der Waals surface area contributed by atoms with Gasteiger partial charge in [-0.3, -0.25) is 14.5 Å². The number of carbonyl (C=O) groups is 2. The first-order chi connectivity index (χ1) is 9.09. The maximum absolute atomic E-state index is 12.1. The predicted octanol–water partition coefficient (Wildman–Crippen LogP) is 2.02. The third-order valence-corrected chi connectivity index (χ3v) is 3.35. The van der Waals surface area contributed by atoms with Crippen LogP contribution in [0, 0.1) is 13.8 Å². The van der Waals surface area contributed by atoms with Crippen LogP contribution in [0.25, 0.3) is 0 Å². The van der Waals surface area contributed by atoms with Gasteiger partial charge >= 0.3 is 0 Å². The van der Waals surface area contributed by atoms with Crippen LogP contribution in [-0.2, 0) is 11.3 Å². The third-order valence-electron chi connectivity index (χ3n) is 3.35. The van der Waals surface area contributed by atoms with Crippen LogP contribution in [0.4, 0.5) is 5.69 Å². The molecule has 0 unspecified atom stereocenters. The fourth-order valence-corrected chi connectivity index (χ4v) is 2.40. The zero-order valence-electron chi connectivity index (χ0n) is 10.6. The summed E-state index contributed by atoms with van der Waals surface area (Å²) >= 11 is 0. The highest BCUT2D eigenvalue weighted by Crippen LogP contribution is 2.35. The van der Waals surface area contributed by atoms with Gasteiger partial charge in [-0.25, -0.2) is 0 Å². The van der Waals surface area contributed by atoms with E-state index in [0.717, 1.165) is 16.7 Å². The number of ketones is 1. The van der Waals surface area contributed by atoms with E-state index in [4.69, 9.17) is 4.52 Å². The van der Waals surface area contributed by atoms with Crippen molar-refractivity contribution in [3.05, 3.63) is 46.8 Å². The van der Waals surface area contributed by atoms with Gasteiger partial charge in [0, 0.05) is 5.56 Å². The van der Waals surface area contributed by atoms with Crippen molar-refractivity contribution < 1.29 is 14.1 Å². The molecule has 2 aromatic rings.